The fourth-order valence-corrected chi connectivity index (χ4v) is 2.86. The second-order valence-corrected chi connectivity index (χ2v) is 6.25. The number of rotatable bonds is 5. The van der Waals surface area contributed by atoms with E-state index in [4.69, 9.17) is 5.73 Å². The highest BCUT2D eigenvalue weighted by Gasteiger charge is 2.10. The number of pyridine rings is 1. The molecule has 1 amide bonds. The van der Waals surface area contributed by atoms with E-state index in [9.17, 15) is 4.79 Å². The average Bonchev–Trinajstić information content (AvgIpc) is 3.04. The van der Waals surface area contributed by atoms with Crippen LogP contribution >= 0.6 is 24.0 Å². The molecule has 0 spiro atoms. The third-order valence-electron chi connectivity index (χ3n) is 4.17. The molecule has 4 N–H and O–H groups in total. The molecule has 6 nitrogen and oxygen atoms in total. The molecule has 0 saturated heterocycles. The Bertz CT molecular complexity index is 789. The fourth-order valence-electron chi connectivity index (χ4n) is 2.86. The number of carbonyl (C=O) groups is 1. The number of aryl methyl sites for hydroxylation is 3. The van der Waals surface area contributed by atoms with Crippen molar-refractivity contribution in [2.45, 2.75) is 32.6 Å². The van der Waals surface area contributed by atoms with E-state index in [1.165, 1.54) is 17.5 Å². The summed E-state index contributed by atoms with van der Waals surface area (Å²) < 4.78 is 0. The van der Waals surface area contributed by atoms with Gasteiger partial charge in [0.1, 0.15) is 5.82 Å². The van der Waals surface area contributed by atoms with Gasteiger partial charge in [-0.1, -0.05) is 12.1 Å². The van der Waals surface area contributed by atoms with E-state index >= 15 is 0 Å². The fraction of sp³-hybridized carbons (Fsp3) is 0.316. The van der Waals surface area contributed by atoms with Gasteiger partial charge in [0.2, 0.25) is 5.91 Å². The number of benzene rings is 1. The Hall–Kier alpha value is -2.16. The molecule has 0 radical (unpaired) electrons. The summed E-state index contributed by atoms with van der Waals surface area (Å²) in [5.74, 6) is 0.730. The lowest BCUT2D eigenvalue weighted by Gasteiger charge is -2.08. The van der Waals surface area contributed by atoms with E-state index in [1.54, 1.807) is 12.3 Å². The van der Waals surface area contributed by atoms with Crippen molar-refractivity contribution in [1.82, 2.24) is 4.98 Å². The van der Waals surface area contributed by atoms with Crippen LogP contribution in [0.25, 0.3) is 0 Å². The summed E-state index contributed by atoms with van der Waals surface area (Å²) >= 11 is 0. The molecule has 0 fully saturated rings. The van der Waals surface area contributed by atoms with Gasteiger partial charge in [0.15, 0.2) is 5.96 Å². The summed E-state index contributed by atoms with van der Waals surface area (Å²) in [5.41, 5.74) is 10.7. The summed E-state index contributed by atoms with van der Waals surface area (Å²) in [5, 5.41) is 5.83. The van der Waals surface area contributed by atoms with E-state index < -0.39 is 0 Å². The summed E-state index contributed by atoms with van der Waals surface area (Å²) in [6.45, 7) is 2.27. The van der Waals surface area contributed by atoms with Gasteiger partial charge >= 0.3 is 0 Å². The van der Waals surface area contributed by atoms with Crippen molar-refractivity contribution >= 4 is 47.3 Å². The Balaban J connectivity index is 0.00000243. The molecule has 1 aromatic carbocycles. The maximum atomic E-state index is 11.9. The van der Waals surface area contributed by atoms with Gasteiger partial charge in [-0.05, 0) is 61.1 Å². The number of amides is 1. The second-order valence-electron chi connectivity index (χ2n) is 6.25. The largest absolute Gasteiger partial charge is 0.370 e. The Labute approximate surface area is 170 Å². The van der Waals surface area contributed by atoms with Crippen LogP contribution in [-0.2, 0) is 17.6 Å². The van der Waals surface area contributed by atoms with Crippen LogP contribution in [0.2, 0.25) is 0 Å². The normalized spacial score (nSPS) is 12.9. The molecule has 0 unspecified atom stereocenters. The maximum Gasteiger partial charge on any atom is 0.227 e. The van der Waals surface area contributed by atoms with Crippen LogP contribution < -0.4 is 16.4 Å². The molecule has 138 valence electrons. The van der Waals surface area contributed by atoms with Crippen LogP contribution in [0.1, 0.15) is 29.5 Å². The number of nitrogens with two attached hydrogens (primary N) is 1. The highest BCUT2D eigenvalue weighted by Crippen LogP contribution is 2.24. The molecule has 3 rings (SSSR count). The number of hydrogen-bond donors (Lipinski definition) is 3. The van der Waals surface area contributed by atoms with Gasteiger partial charge in [-0.3, -0.25) is 9.79 Å². The average molecular weight is 465 g/mol. The molecule has 26 heavy (non-hydrogen) atoms. The SMILES string of the molecule is Cc1ccc(NC(=O)CCN=C(N)Nc2ccc3c(c2)CCC3)nc1.I. The number of aliphatic imine (C=N–C) groups is 1. The molecule has 1 aliphatic carbocycles. The molecule has 0 aliphatic heterocycles. The molecule has 2 aromatic rings. The Morgan fingerprint density at radius 1 is 1.19 bits per heavy atom. The number of halogens is 1. The third kappa shape index (κ3) is 5.69. The number of aromatic nitrogens is 1. The predicted octanol–water partition coefficient (Wildman–Crippen LogP) is 3.25. The molecule has 1 aliphatic rings. The zero-order valence-electron chi connectivity index (χ0n) is 14.8. The second kappa shape index (κ2) is 9.51. The van der Waals surface area contributed by atoms with Gasteiger partial charge in [-0.25, -0.2) is 4.98 Å². The lowest BCUT2D eigenvalue weighted by molar-refractivity contribution is -0.116. The topological polar surface area (TPSA) is 92.4 Å². The minimum absolute atomic E-state index is 0. The van der Waals surface area contributed by atoms with E-state index in [-0.39, 0.29) is 36.3 Å². The standard InChI is InChI=1S/C19H23N5O.HI/c1-13-5-8-17(22-12-13)24-18(25)9-10-21-19(20)23-16-7-6-14-3-2-4-15(14)11-16;/h5-8,11-12H,2-4,9-10H2,1H3,(H3,20,21,23)(H,22,24,25);1H. The van der Waals surface area contributed by atoms with Crippen LogP contribution in [0.5, 0.6) is 0 Å². The highest BCUT2D eigenvalue weighted by molar-refractivity contribution is 14.0. The quantitative estimate of drug-likeness (QED) is 0.359. The molecule has 0 saturated carbocycles. The smallest absolute Gasteiger partial charge is 0.227 e. The number of fused-ring (bicyclic) bond motifs is 1. The number of hydrogen-bond acceptors (Lipinski definition) is 3. The molecule has 0 atom stereocenters. The summed E-state index contributed by atoms with van der Waals surface area (Å²) in [6, 6.07) is 9.96. The van der Waals surface area contributed by atoms with Gasteiger partial charge < -0.3 is 16.4 Å². The van der Waals surface area contributed by atoms with E-state index in [0.717, 1.165) is 24.1 Å². The van der Waals surface area contributed by atoms with Gasteiger partial charge in [-0.2, -0.15) is 0 Å². The van der Waals surface area contributed by atoms with Crippen molar-refractivity contribution < 1.29 is 4.79 Å². The molecule has 1 heterocycles. The van der Waals surface area contributed by atoms with Crippen molar-refractivity contribution in [2.24, 2.45) is 10.7 Å². The van der Waals surface area contributed by atoms with Gasteiger partial charge in [-0.15, -0.1) is 24.0 Å². The van der Waals surface area contributed by atoms with Crippen molar-refractivity contribution in [3.63, 3.8) is 0 Å². The number of carbonyl (C=O) groups excluding carboxylic acids is 1. The predicted molar refractivity (Wildman–Crippen MR) is 116 cm³/mol. The first-order valence-corrected chi connectivity index (χ1v) is 8.51. The minimum Gasteiger partial charge on any atom is -0.370 e. The number of anilines is 2. The summed E-state index contributed by atoms with van der Waals surface area (Å²) in [6.07, 6.45) is 5.46. The molecular weight excluding hydrogens is 441 g/mol. The first-order chi connectivity index (χ1) is 12.1. The van der Waals surface area contributed by atoms with Gasteiger partial charge in [0.05, 0.1) is 6.54 Å². The molecular formula is C19H24IN5O. The lowest BCUT2D eigenvalue weighted by atomic mass is 10.1. The van der Waals surface area contributed by atoms with Crippen LogP contribution in [0, 0.1) is 6.92 Å². The van der Waals surface area contributed by atoms with Crippen molar-refractivity contribution in [3.05, 3.63) is 53.2 Å². The highest BCUT2D eigenvalue weighted by atomic mass is 127. The van der Waals surface area contributed by atoms with Crippen molar-refractivity contribution in [3.8, 4) is 0 Å². The summed E-state index contributed by atoms with van der Waals surface area (Å²) in [7, 11) is 0. The van der Waals surface area contributed by atoms with Crippen LogP contribution in [0.15, 0.2) is 41.5 Å². The monoisotopic (exact) mass is 465 g/mol. The van der Waals surface area contributed by atoms with Gasteiger partial charge in [0, 0.05) is 18.3 Å². The van der Waals surface area contributed by atoms with Crippen molar-refractivity contribution in [1.29, 1.82) is 0 Å². The Morgan fingerprint density at radius 2 is 2.00 bits per heavy atom. The Morgan fingerprint density at radius 3 is 2.77 bits per heavy atom. The molecule has 7 heteroatoms. The first-order valence-electron chi connectivity index (χ1n) is 8.51. The summed E-state index contributed by atoms with van der Waals surface area (Å²) in [4.78, 5) is 20.2. The molecule has 0 bridgehead atoms. The number of nitrogens with one attached hydrogen (secondary N) is 2. The van der Waals surface area contributed by atoms with Crippen LogP contribution in [-0.4, -0.2) is 23.4 Å². The zero-order valence-corrected chi connectivity index (χ0v) is 17.1. The van der Waals surface area contributed by atoms with Crippen molar-refractivity contribution in [2.75, 3.05) is 17.2 Å². The maximum absolute atomic E-state index is 11.9. The number of nitrogens with zero attached hydrogens (tertiary/aromatic N) is 2. The Kier molecular flexibility index (Phi) is 7.38. The lowest BCUT2D eigenvalue weighted by Crippen LogP contribution is -2.23. The first kappa shape index (κ1) is 20.2. The molecule has 1 aromatic heterocycles. The van der Waals surface area contributed by atoms with Crippen LogP contribution in [0.4, 0.5) is 11.5 Å². The van der Waals surface area contributed by atoms with E-state index in [1.807, 2.05) is 19.1 Å². The third-order valence-corrected chi connectivity index (χ3v) is 4.17. The zero-order chi connectivity index (χ0) is 17.6. The van der Waals surface area contributed by atoms with Gasteiger partial charge in [0.25, 0.3) is 0 Å². The number of guanidine groups is 1. The van der Waals surface area contributed by atoms with Crippen LogP contribution in [0.3, 0.4) is 0 Å². The minimum atomic E-state index is -0.134. The van der Waals surface area contributed by atoms with E-state index in [0.29, 0.717) is 18.3 Å². The van der Waals surface area contributed by atoms with E-state index in [2.05, 4.69) is 32.7 Å².